The zero-order valence-corrected chi connectivity index (χ0v) is 17.6. The summed E-state index contributed by atoms with van der Waals surface area (Å²) in [5.41, 5.74) is 2.22. The van der Waals surface area contributed by atoms with Gasteiger partial charge in [0.2, 0.25) is 0 Å². The molecule has 0 amide bonds. The Morgan fingerprint density at radius 2 is 1.41 bits per heavy atom. The normalized spacial score (nSPS) is 24.4. The number of benzene rings is 3. The molecular formula is C28H21NO3. The van der Waals surface area contributed by atoms with Gasteiger partial charge in [0.15, 0.2) is 17.3 Å². The van der Waals surface area contributed by atoms with Gasteiger partial charge in [-0.15, -0.1) is 0 Å². The SMILES string of the molecule is CC(=O)[C@H]1[C@H](c2ccccc2)C2(C(=O)c3ccccc3C2=O)C2C=Cc3ccccc3N21. The zero-order chi connectivity index (χ0) is 22.0. The lowest BCUT2D eigenvalue weighted by Gasteiger charge is -2.37. The van der Waals surface area contributed by atoms with Crippen LogP contribution in [0.25, 0.3) is 6.08 Å². The van der Waals surface area contributed by atoms with E-state index in [1.807, 2.05) is 71.6 Å². The van der Waals surface area contributed by atoms with Crippen molar-refractivity contribution in [3.8, 4) is 0 Å². The maximum Gasteiger partial charge on any atom is 0.180 e. The van der Waals surface area contributed by atoms with Crippen molar-refractivity contribution in [2.75, 3.05) is 4.90 Å². The highest BCUT2D eigenvalue weighted by molar-refractivity contribution is 6.32. The van der Waals surface area contributed by atoms with Gasteiger partial charge in [-0.25, -0.2) is 0 Å². The lowest BCUT2D eigenvalue weighted by atomic mass is 9.64. The number of anilines is 1. The first-order chi connectivity index (χ1) is 15.6. The second-order valence-electron chi connectivity index (χ2n) is 8.79. The summed E-state index contributed by atoms with van der Waals surface area (Å²) in [6.45, 7) is 1.56. The minimum atomic E-state index is -1.38. The number of carbonyl (C=O) groups excluding carboxylic acids is 3. The summed E-state index contributed by atoms with van der Waals surface area (Å²) in [5.74, 6) is -1.01. The summed E-state index contributed by atoms with van der Waals surface area (Å²) in [5, 5.41) is 0. The van der Waals surface area contributed by atoms with Crippen LogP contribution in [0.5, 0.6) is 0 Å². The number of nitrogens with zero attached hydrogens (tertiary/aromatic N) is 1. The van der Waals surface area contributed by atoms with E-state index in [-0.39, 0.29) is 17.3 Å². The highest BCUT2D eigenvalue weighted by atomic mass is 16.2. The number of ketones is 3. The van der Waals surface area contributed by atoms with Crippen molar-refractivity contribution in [1.29, 1.82) is 0 Å². The number of Topliss-reactive ketones (excluding diaryl/α,β-unsaturated/α-hetero) is 3. The van der Waals surface area contributed by atoms with E-state index in [0.29, 0.717) is 11.1 Å². The molecule has 3 aromatic carbocycles. The number of hydrogen-bond acceptors (Lipinski definition) is 4. The van der Waals surface area contributed by atoms with Gasteiger partial charge in [0.05, 0.1) is 12.1 Å². The minimum absolute atomic E-state index is 0.0533. The van der Waals surface area contributed by atoms with E-state index in [2.05, 4.69) is 0 Å². The molecule has 2 aliphatic heterocycles. The van der Waals surface area contributed by atoms with Crippen molar-refractivity contribution in [2.24, 2.45) is 5.41 Å². The van der Waals surface area contributed by atoms with E-state index in [9.17, 15) is 14.4 Å². The smallest absolute Gasteiger partial charge is 0.180 e. The fourth-order valence-corrected chi connectivity index (χ4v) is 6.10. The van der Waals surface area contributed by atoms with Gasteiger partial charge in [0.1, 0.15) is 5.41 Å². The van der Waals surface area contributed by atoms with Crippen molar-refractivity contribution < 1.29 is 14.4 Å². The fourth-order valence-electron chi connectivity index (χ4n) is 6.10. The van der Waals surface area contributed by atoms with Crippen LogP contribution in [0.2, 0.25) is 0 Å². The highest BCUT2D eigenvalue weighted by Crippen LogP contribution is 2.60. The Morgan fingerprint density at radius 3 is 2.06 bits per heavy atom. The Hall–Kier alpha value is -3.79. The van der Waals surface area contributed by atoms with E-state index >= 15 is 0 Å². The summed E-state index contributed by atoms with van der Waals surface area (Å²) in [6, 6.07) is 23.3. The predicted molar refractivity (Wildman–Crippen MR) is 123 cm³/mol. The second kappa shape index (κ2) is 6.60. The van der Waals surface area contributed by atoms with Gasteiger partial charge in [-0.3, -0.25) is 14.4 Å². The Labute approximate surface area is 186 Å². The van der Waals surface area contributed by atoms with Crippen molar-refractivity contribution in [1.82, 2.24) is 0 Å². The van der Waals surface area contributed by atoms with Crippen molar-refractivity contribution in [3.63, 3.8) is 0 Å². The minimum Gasteiger partial charge on any atom is -0.352 e. The second-order valence-corrected chi connectivity index (χ2v) is 8.79. The molecule has 0 radical (unpaired) electrons. The van der Waals surface area contributed by atoms with Gasteiger partial charge in [-0.2, -0.15) is 0 Å². The molecule has 156 valence electrons. The largest absolute Gasteiger partial charge is 0.352 e. The molecule has 0 aromatic heterocycles. The van der Waals surface area contributed by atoms with Crippen molar-refractivity contribution in [2.45, 2.75) is 24.9 Å². The Kier molecular flexibility index (Phi) is 3.91. The third kappa shape index (κ3) is 2.19. The molecule has 4 nitrogen and oxygen atoms in total. The molecule has 3 aromatic rings. The van der Waals surface area contributed by atoms with Gasteiger partial charge >= 0.3 is 0 Å². The van der Waals surface area contributed by atoms with E-state index in [1.165, 1.54) is 0 Å². The molecule has 32 heavy (non-hydrogen) atoms. The molecule has 6 rings (SSSR count). The molecule has 1 unspecified atom stereocenters. The molecule has 0 saturated carbocycles. The van der Waals surface area contributed by atoms with Gasteiger partial charge < -0.3 is 4.90 Å². The van der Waals surface area contributed by atoms with Gasteiger partial charge in [0.25, 0.3) is 0 Å². The molecule has 0 N–H and O–H groups in total. The molecule has 1 spiro atoms. The predicted octanol–water partition coefficient (Wildman–Crippen LogP) is 4.71. The first-order valence-corrected chi connectivity index (χ1v) is 10.9. The Morgan fingerprint density at radius 1 is 0.812 bits per heavy atom. The Bertz CT molecular complexity index is 1290. The standard InChI is InChI=1S/C28H21NO3/c1-17(30)25-24(19-10-3-2-4-11-19)28(26(31)20-12-6-7-13-21(20)27(28)32)23-16-15-18-9-5-8-14-22(18)29(23)25/h2-16,23-25H,1H3/t23?,24-,25-/m0/s1. The summed E-state index contributed by atoms with van der Waals surface area (Å²) < 4.78 is 0. The zero-order valence-electron chi connectivity index (χ0n) is 17.6. The molecule has 0 bridgehead atoms. The van der Waals surface area contributed by atoms with Crippen LogP contribution in [0.4, 0.5) is 5.69 Å². The van der Waals surface area contributed by atoms with Gasteiger partial charge in [-0.05, 0) is 24.1 Å². The third-order valence-electron chi connectivity index (χ3n) is 7.29. The van der Waals surface area contributed by atoms with Crippen LogP contribution in [-0.2, 0) is 4.79 Å². The molecule has 1 fully saturated rings. The quantitative estimate of drug-likeness (QED) is 0.565. The summed E-state index contributed by atoms with van der Waals surface area (Å²) in [7, 11) is 0. The first kappa shape index (κ1) is 18.9. The average molecular weight is 419 g/mol. The fraction of sp³-hybridized carbons (Fsp3) is 0.179. The highest BCUT2D eigenvalue weighted by Gasteiger charge is 2.71. The van der Waals surface area contributed by atoms with Gasteiger partial charge in [-0.1, -0.05) is 84.9 Å². The van der Waals surface area contributed by atoms with Crippen molar-refractivity contribution in [3.05, 3.63) is 107 Å². The molecule has 1 saturated heterocycles. The number of fused-ring (bicyclic) bond motifs is 5. The van der Waals surface area contributed by atoms with E-state index in [4.69, 9.17) is 0 Å². The monoisotopic (exact) mass is 419 g/mol. The van der Waals surface area contributed by atoms with Crippen LogP contribution in [0.3, 0.4) is 0 Å². The molecule has 4 heteroatoms. The number of para-hydroxylation sites is 1. The molecular weight excluding hydrogens is 398 g/mol. The molecule has 3 aliphatic rings. The lowest BCUT2D eigenvalue weighted by Crippen LogP contribution is -2.48. The van der Waals surface area contributed by atoms with Gasteiger partial charge in [0, 0.05) is 22.7 Å². The van der Waals surface area contributed by atoms with E-state index < -0.39 is 23.4 Å². The topological polar surface area (TPSA) is 54.5 Å². The molecule has 3 atom stereocenters. The van der Waals surface area contributed by atoms with E-state index in [1.54, 1.807) is 31.2 Å². The first-order valence-electron chi connectivity index (χ1n) is 10.9. The number of carbonyl (C=O) groups is 3. The Balaban J connectivity index is 1.69. The third-order valence-corrected chi connectivity index (χ3v) is 7.29. The van der Waals surface area contributed by atoms with Crippen LogP contribution in [0.1, 0.15) is 44.7 Å². The van der Waals surface area contributed by atoms with Crippen LogP contribution >= 0.6 is 0 Å². The number of rotatable bonds is 2. The van der Waals surface area contributed by atoms with E-state index in [0.717, 1.165) is 16.8 Å². The maximum atomic E-state index is 14.2. The van der Waals surface area contributed by atoms with Crippen LogP contribution in [0, 0.1) is 5.41 Å². The summed E-state index contributed by atoms with van der Waals surface area (Å²) in [6.07, 6.45) is 3.93. The molecule has 1 aliphatic carbocycles. The molecule has 2 heterocycles. The maximum absolute atomic E-state index is 14.2. The average Bonchev–Trinajstić information content (AvgIpc) is 3.27. The number of hydrogen-bond donors (Lipinski definition) is 0. The van der Waals surface area contributed by atoms with Crippen molar-refractivity contribution >= 4 is 29.1 Å². The van der Waals surface area contributed by atoms with Crippen LogP contribution < -0.4 is 4.90 Å². The van der Waals surface area contributed by atoms with Crippen LogP contribution in [-0.4, -0.2) is 29.4 Å². The van der Waals surface area contributed by atoms with Crippen LogP contribution in [0.15, 0.2) is 84.9 Å². The summed E-state index contributed by atoms with van der Waals surface area (Å²) in [4.78, 5) is 43.6. The lowest BCUT2D eigenvalue weighted by molar-refractivity contribution is -0.118. The summed E-state index contributed by atoms with van der Waals surface area (Å²) >= 11 is 0.